The molecule has 0 amide bonds. The van der Waals surface area contributed by atoms with Crippen molar-refractivity contribution in [1.82, 2.24) is 14.8 Å². The van der Waals surface area contributed by atoms with E-state index in [0.29, 0.717) is 17.7 Å². The molecular formula is C28H47N3O2. The van der Waals surface area contributed by atoms with Crippen LogP contribution in [0.5, 0.6) is 5.88 Å². The Hall–Kier alpha value is -1.17. The van der Waals surface area contributed by atoms with Crippen LogP contribution in [0.3, 0.4) is 0 Å². The van der Waals surface area contributed by atoms with Gasteiger partial charge in [-0.05, 0) is 82.5 Å². The Labute approximate surface area is 202 Å². The summed E-state index contributed by atoms with van der Waals surface area (Å²) >= 11 is 0. The van der Waals surface area contributed by atoms with Gasteiger partial charge in [-0.2, -0.15) is 0 Å². The number of likely N-dealkylation sites (tertiary alicyclic amines) is 2. The highest BCUT2D eigenvalue weighted by Gasteiger charge is 2.35. The van der Waals surface area contributed by atoms with E-state index >= 15 is 0 Å². The van der Waals surface area contributed by atoms with Crippen molar-refractivity contribution in [3.8, 4) is 5.88 Å². The van der Waals surface area contributed by atoms with E-state index in [2.05, 4.69) is 68.5 Å². The molecule has 0 N–H and O–H groups in total. The van der Waals surface area contributed by atoms with Gasteiger partial charge in [-0.3, -0.25) is 4.90 Å². The molecule has 1 aromatic heterocycles. The van der Waals surface area contributed by atoms with Crippen molar-refractivity contribution in [2.24, 2.45) is 5.92 Å². The minimum Gasteiger partial charge on any atom is -0.474 e. The summed E-state index contributed by atoms with van der Waals surface area (Å²) in [5.41, 5.74) is 1.70. The van der Waals surface area contributed by atoms with Crippen LogP contribution >= 0.6 is 0 Å². The van der Waals surface area contributed by atoms with Crippen LogP contribution in [-0.2, 0) is 10.2 Å². The predicted octanol–water partition coefficient (Wildman–Crippen LogP) is 5.28. The lowest BCUT2D eigenvalue weighted by Crippen LogP contribution is -2.48. The van der Waals surface area contributed by atoms with Crippen molar-refractivity contribution in [3.63, 3.8) is 0 Å². The summed E-state index contributed by atoms with van der Waals surface area (Å²) in [6.45, 7) is 19.9. The third-order valence-electron chi connectivity index (χ3n) is 7.94. The standard InChI is InChI=1S/C28H47N3O2/c1-27(2,3)22-7-12-29-26(17-22)33-25-18-24(19-25)32-23-10-13-30(14-11-23)20-21-8-15-31(16-9-21)28(4,5)6/h7,12,17,21,23-25H,8-11,13-16,18-20H2,1-6H3. The van der Waals surface area contributed by atoms with E-state index in [0.717, 1.165) is 24.6 Å². The first-order chi connectivity index (χ1) is 15.6. The fourth-order valence-corrected chi connectivity index (χ4v) is 5.49. The number of hydrogen-bond donors (Lipinski definition) is 0. The molecule has 3 aliphatic rings. The first kappa shape index (κ1) is 24.9. The Bertz CT molecular complexity index is 747. The van der Waals surface area contributed by atoms with E-state index in [9.17, 15) is 0 Å². The summed E-state index contributed by atoms with van der Waals surface area (Å²) < 4.78 is 12.6. The quantitative estimate of drug-likeness (QED) is 0.581. The zero-order valence-electron chi connectivity index (χ0n) is 22.0. The molecule has 0 radical (unpaired) electrons. The molecule has 4 rings (SSSR count). The molecule has 1 saturated carbocycles. The highest BCUT2D eigenvalue weighted by Crippen LogP contribution is 2.32. The van der Waals surface area contributed by atoms with Crippen LogP contribution in [0.25, 0.3) is 0 Å². The zero-order valence-corrected chi connectivity index (χ0v) is 22.0. The Morgan fingerprint density at radius 2 is 1.55 bits per heavy atom. The van der Waals surface area contributed by atoms with Gasteiger partial charge in [-0.25, -0.2) is 4.98 Å². The van der Waals surface area contributed by atoms with Crippen molar-refractivity contribution >= 4 is 0 Å². The monoisotopic (exact) mass is 457 g/mol. The third-order valence-corrected chi connectivity index (χ3v) is 7.94. The Balaban J connectivity index is 1.11. The maximum atomic E-state index is 6.43. The Morgan fingerprint density at radius 3 is 2.15 bits per heavy atom. The van der Waals surface area contributed by atoms with Gasteiger partial charge in [0.25, 0.3) is 0 Å². The zero-order chi connectivity index (χ0) is 23.6. The average Bonchev–Trinajstić information content (AvgIpc) is 2.73. The van der Waals surface area contributed by atoms with E-state index in [1.165, 1.54) is 64.0 Å². The largest absolute Gasteiger partial charge is 0.474 e. The number of aromatic nitrogens is 1. The van der Waals surface area contributed by atoms with E-state index < -0.39 is 0 Å². The topological polar surface area (TPSA) is 37.8 Å². The average molecular weight is 458 g/mol. The molecule has 0 spiro atoms. The van der Waals surface area contributed by atoms with Crippen molar-refractivity contribution in [3.05, 3.63) is 23.9 Å². The summed E-state index contributed by atoms with van der Waals surface area (Å²) in [5.74, 6) is 1.63. The molecule has 3 fully saturated rings. The number of hydrogen-bond acceptors (Lipinski definition) is 5. The Morgan fingerprint density at radius 1 is 0.879 bits per heavy atom. The van der Waals surface area contributed by atoms with Crippen molar-refractivity contribution in [2.45, 2.75) is 109 Å². The van der Waals surface area contributed by atoms with Gasteiger partial charge < -0.3 is 14.4 Å². The lowest BCUT2D eigenvalue weighted by Gasteiger charge is -2.43. The second-order valence-corrected chi connectivity index (χ2v) is 12.7. The van der Waals surface area contributed by atoms with E-state index in [4.69, 9.17) is 9.47 Å². The molecule has 2 saturated heterocycles. The second kappa shape index (κ2) is 10.2. The van der Waals surface area contributed by atoms with Gasteiger partial charge >= 0.3 is 0 Å². The number of ether oxygens (including phenoxy) is 2. The lowest BCUT2D eigenvalue weighted by atomic mass is 9.88. The van der Waals surface area contributed by atoms with Crippen LogP contribution in [0.2, 0.25) is 0 Å². The molecule has 5 nitrogen and oxygen atoms in total. The molecule has 1 aromatic rings. The fourth-order valence-electron chi connectivity index (χ4n) is 5.49. The predicted molar refractivity (Wildman–Crippen MR) is 135 cm³/mol. The number of rotatable bonds is 6. The van der Waals surface area contributed by atoms with Gasteiger partial charge in [0.2, 0.25) is 5.88 Å². The number of piperidine rings is 2. The molecule has 186 valence electrons. The molecule has 0 unspecified atom stereocenters. The van der Waals surface area contributed by atoms with Gasteiger partial charge in [-0.15, -0.1) is 0 Å². The van der Waals surface area contributed by atoms with Crippen LogP contribution in [0, 0.1) is 5.92 Å². The molecule has 0 aromatic carbocycles. The summed E-state index contributed by atoms with van der Waals surface area (Å²) in [7, 11) is 0. The lowest BCUT2D eigenvalue weighted by molar-refractivity contribution is -0.111. The van der Waals surface area contributed by atoms with Crippen LogP contribution in [-0.4, -0.2) is 71.4 Å². The molecule has 0 bridgehead atoms. The summed E-state index contributed by atoms with van der Waals surface area (Å²) in [6, 6.07) is 4.18. The number of pyridine rings is 1. The maximum Gasteiger partial charge on any atom is 0.213 e. The molecule has 1 aliphatic carbocycles. The normalized spacial score (nSPS) is 26.8. The minimum absolute atomic E-state index is 0.116. The van der Waals surface area contributed by atoms with Gasteiger partial charge in [0.15, 0.2) is 0 Å². The van der Waals surface area contributed by atoms with E-state index in [1.807, 2.05) is 6.20 Å². The number of nitrogens with zero attached hydrogens (tertiary/aromatic N) is 3. The third kappa shape index (κ3) is 6.93. The van der Waals surface area contributed by atoms with Crippen LogP contribution in [0.1, 0.15) is 85.6 Å². The van der Waals surface area contributed by atoms with Gasteiger partial charge in [0.1, 0.15) is 6.10 Å². The van der Waals surface area contributed by atoms with Crippen LogP contribution in [0.4, 0.5) is 0 Å². The van der Waals surface area contributed by atoms with Crippen LogP contribution in [0.15, 0.2) is 18.3 Å². The molecule has 33 heavy (non-hydrogen) atoms. The Kier molecular flexibility index (Phi) is 7.72. The van der Waals surface area contributed by atoms with Crippen LogP contribution < -0.4 is 4.74 Å². The highest BCUT2D eigenvalue weighted by molar-refractivity contribution is 5.26. The fraction of sp³-hybridized carbons (Fsp3) is 0.821. The first-order valence-corrected chi connectivity index (χ1v) is 13.3. The first-order valence-electron chi connectivity index (χ1n) is 13.3. The van der Waals surface area contributed by atoms with Gasteiger partial charge in [0, 0.05) is 50.3 Å². The molecule has 2 aliphatic heterocycles. The molecule has 3 heterocycles. The van der Waals surface area contributed by atoms with Crippen molar-refractivity contribution in [1.29, 1.82) is 0 Å². The van der Waals surface area contributed by atoms with Gasteiger partial charge in [0.05, 0.1) is 12.2 Å². The highest BCUT2D eigenvalue weighted by atomic mass is 16.5. The molecular weight excluding hydrogens is 410 g/mol. The minimum atomic E-state index is 0.116. The molecule has 5 heteroatoms. The second-order valence-electron chi connectivity index (χ2n) is 12.7. The van der Waals surface area contributed by atoms with Crippen molar-refractivity contribution < 1.29 is 9.47 Å². The summed E-state index contributed by atoms with van der Waals surface area (Å²) in [5, 5.41) is 0. The van der Waals surface area contributed by atoms with Crippen molar-refractivity contribution in [2.75, 3.05) is 32.7 Å². The smallest absolute Gasteiger partial charge is 0.213 e. The maximum absolute atomic E-state index is 6.43. The summed E-state index contributed by atoms with van der Waals surface area (Å²) in [6.07, 6.45) is 9.95. The van der Waals surface area contributed by atoms with E-state index in [1.54, 1.807) is 0 Å². The van der Waals surface area contributed by atoms with E-state index in [-0.39, 0.29) is 11.5 Å². The SMILES string of the molecule is CC(C)(C)c1ccnc(OC2CC(OC3CCN(CC4CCN(C(C)(C)C)CC4)CC3)C2)c1. The molecule has 0 atom stereocenters. The summed E-state index contributed by atoms with van der Waals surface area (Å²) in [4.78, 5) is 9.76. The van der Waals surface area contributed by atoms with Gasteiger partial charge in [-0.1, -0.05) is 20.8 Å².